The lowest BCUT2D eigenvalue weighted by Gasteiger charge is -2.23. The SMILES string of the molecule is C=C(C)[C@H](OCc1ccc(OC)cc1)[C@@H]1CCC(=O)O1. The number of hydrogen-bond acceptors (Lipinski definition) is 4. The second-order valence-corrected chi connectivity index (χ2v) is 4.99. The van der Waals surface area contributed by atoms with Gasteiger partial charge in [0, 0.05) is 6.42 Å². The lowest BCUT2D eigenvalue weighted by Crippen LogP contribution is -2.29. The quantitative estimate of drug-likeness (QED) is 0.592. The summed E-state index contributed by atoms with van der Waals surface area (Å²) in [6.45, 7) is 6.28. The van der Waals surface area contributed by atoms with Crippen LogP contribution >= 0.6 is 0 Å². The largest absolute Gasteiger partial charge is 0.497 e. The first-order chi connectivity index (χ1) is 9.60. The number of carbonyl (C=O) groups is 1. The van der Waals surface area contributed by atoms with Gasteiger partial charge in [0.25, 0.3) is 0 Å². The van der Waals surface area contributed by atoms with E-state index in [-0.39, 0.29) is 18.2 Å². The highest BCUT2D eigenvalue weighted by Crippen LogP contribution is 2.24. The van der Waals surface area contributed by atoms with Gasteiger partial charge in [-0.15, -0.1) is 0 Å². The van der Waals surface area contributed by atoms with Gasteiger partial charge in [0.15, 0.2) is 0 Å². The molecule has 2 rings (SSSR count). The minimum Gasteiger partial charge on any atom is -0.497 e. The topological polar surface area (TPSA) is 44.8 Å². The maximum atomic E-state index is 11.2. The zero-order valence-corrected chi connectivity index (χ0v) is 11.9. The summed E-state index contributed by atoms with van der Waals surface area (Å²) in [5, 5.41) is 0. The van der Waals surface area contributed by atoms with E-state index in [0.717, 1.165) is 16.9 Å². The van der Waals surface area contributed by atoms with E-state index in [1.165, 1.54) is 0 Å². The first-order valence-corrected chi connectivity index (χ1v) is 6.69. The van der Waals surface area contributed by atoms with Crippen molar-refractivity contribution in [2.45, 2.75) is 38.6 Å². The first-order valence-electron chi connectivity index (χ1n) is 6.69. The molecule has 108 valence electrons. The minimum atomic E-state index is -0.247. The van der Waals surface area contributed by atoms with Crippen molar-refractivity contribution in [3.8, 4) is 5.75 Å². The van der Waals surface area contributed by atoms with Crippen LogP contribution in [0, 0.1) is 0 Å². The number of cyclic esters (lactones) is 1. The number of rotatable bonds is 6. The normalized spacial score (nSPS) is 19.5. The molecule has 0 aromatic heterocycles. The Kier molecular flexibility index (Phi) is 4.79. The fraction of sp³-hybridized carbons (Fsp3) is 0.438. The number of hydrogen-bond donors (Lipinski definition) is 0. The Hall–Kier alpha value is -1.81. The van der Waals surface area contributed by atoms with Crippen molar-refractivity contribution in [3.63, 3.8) is 0 Å². The Morgan fingerprint density at radius 2 is 2.15 bits per heavy atom. The Morgan fingerprint density at radius 3 is 2.65 bits per heavy atom. The Labute approximate surface area is 119 Å². The zero-order valence-electron chi connectivity index (χ0n) is 11.9. The molecule has 1 aliphatic heterocycles. The van der Waals surface area contributed by atoms with Crippen molar-refractivity contribution in [2.75, 3.05) is 7.11 Å². The summed E-state index contributed by atoms with van der Waals surface area (Å²) in [4.78, 5) is 11.2. The molecule has 0 amide bonds. The third kappa shape index (κ3) is 3.61. The van der Waals surface area contributed by atoms with Crippen molar-refractivity contribution in [1.82, 2.24) is 0 Å². The van der Waals surface area contributed by atoms with Crippen molar-refractivity contribution in [2.24, 2.45) is 0 Å². The molecule has 20 heavy (non-hydrogen) atoms. The van der Waals surface area contributed by atoms with Gasteiger partial charge in [0.2, 0.25) is 0 Å². The number of ether oxygens (including phenoxy) is 3. The van der Waals surface area contributed by atoms with Crippen LogP contribution in [0.25, 0.3) is 0 Å². The van der Waals surface area contributed by atoms with Gasteiger partial charge in [-0.05, 0) is 36.6 Å². The number of carbonyl (C=O) groups excluding carboxylic acids is 1. The smallest absolute Gasteiger partial charge is 0.306 e. The molecule has 0 N–H and O–H groups in total. The van der Waals surface area contributed by atoms with Crippen LogP contribution in [0.2, 0.25) is 0 Å². The van der Waals surface area contributed by atoms with E-state index < -0.39 is 0 Å². The number of methoxy groups -OCH3 is 1. The standard InChI is InChI=1S/C16H20O4/c1-11(2)16(14-8-9-15(17)20-14)19-10-12-4-6-13(18-3)7-5-12/h4-7,14,16H,1,8-10H2,2-3H3/t14-,16-/m0/s1. The molecular formula is C16H20O4. The Morgan fingerprint density at radius 1 is 1.45 bits per heavy atom. The third-order valence-electron chi connectivity index (χ3n) is 3.33. The molecule has 0 radical (unpaired) electrons. The highest BCUT2D eigenvalue weighted by atomic mass is 16.6. The van der Waals surface area contributed by atoms with Crippen LogP contribution in [0.15, 0.2) is 36.4 Å². The zero-order chi connectivity index (χ0) is 14.5. The van der Waals surface area contributed by atoms with E-state index in [0.29, 0.717) is 19.4 Å². The lowest BCUT2D eigenvalue weighted by molar-refractivity contribution is -0.146. The molecule has 0 spiro atoms. The van der Waals surface area contributed by atoms with Crippen molar-refractivity contribution >= 4 is 5.97 Å². The van der Waals surface area contributed by atoms with Crippen LogP contribution < -0.4 is 4.74 Å². The molecule has 0 saturated carbocycles. The second-order valence-electron chi connectivity index (χ2n) is 4.99. The predicted octanol–water partition coefficient (Wildman–Crippen LogP) is 2.86. The van der Waals surface area contributed by atoms with Crippen LogP contribution in [0.4, 0.5) is 0 Å². The van der Waals surface area contributed by atoms with E-state index in [9.17, 15) is 4.79 Å². The molecule has 4 nitrogen and oxygen atoms in total. The van der Waals surface area contributed by atoms with Crippen LogP contribution in [0.3, 0.4) is 0 Å². The summed E-state index contributed by atoms with van der Waals surface area (Å²) < 4.78 is 16.3. The number of esters is 1. The minimum absolute atomic E-state index is 0.158. The van der Waals surface area contributed by atoms with Gasteiger partial charge in [-0.3, -0.25) is 4.79 Å². The lowest BCUT2D eigenvalue weighted by atomic mass is 10.0. The summed E-state index contributed by atoms with van der Waals surface area (Å²) in [5.74, 6) is 0.657. The first kappa shape index (κ1) is 14.6. The fourth-order valence-corrected chi connectivity index (χ4v) is 2.23. The molecule has 4 heteroatoms. The Balaban J connectivity index is 1.94. The molecule has 0 bridgehead atoms. The molecule has 0 unspecified atom stereocenters. The molecule has 1 aliphatic rings. The predicted molar refractivity (Wildman–Crippen MR) is 75.5 cm³/mol. The van der Waals surface area contributed by atoms with Gasteiger partial charge < -0.3 is 14.2 Å². The molecule has 1 saturated heterocycles. The van der Waals surface area contributed by atoms with E-state index >= 15 is 0 Å². The molecular weight excluding hydrogens is 256 g/mol. The van der Waals surface area contributed by atoms with Crippen LogP contribution in [-0.4, -0.2) is 25.3 Å². The van der Waals surface area contributed by atoms with Gasteiger partial charge in [-0.25, -0.2) is 0 Å². The Bertz CT molecular complexity index is 478. The van der Waals surface area contributed by atoms with Crippen molar-refractivity contribution in [3.05, 3.63) is 42.0 Å². The molecule has 1 aromatic carbocycles. The van der Waals surface area contributed by atoms with Crippen LogP contribution in [0.1, 0.15) is 25.3 Å². The second kappa shape index (κ2) is 6.57. The highest BCUT2D eigenvalue weighted by Gasteiger charge is 2.32. The average Bonchev–Trinajstić information content (AvgIpc) is 2.86. The summed E-state index contributed by atoms with van der Waals surface area (Å²) in [7, 11) is 1.64. The van der Waals surface area contributed by atoms with Crippen LogP contribution in [0.5, 0.6) is 5.75 Å². The van der Waals surface area contributed by atoms with Gasteiger partial charge >= 0.3 is 5.97 Å². The van der Waals surface area contributed by atoms with Crippen LogP contribution in [-0.2, 0) is 20.9 Å². The van der Waals surface area contributed by atoms with E-state index in [4.69, 9.17) is 14.2 Å². The maximum absolute atomic E-state index is 11.2. The number of benzene rings is 1. The van der Waals surface area contributed by atoms with Crippen molar-refractivity contribution < 1.29 is 19.0 Å². The van der Waals surface area contributed by atoms with E-state index in [1.54, 1.807) is 7.11 Å². The molecule has 1 fully saturated rings. The molecule has 1 heterocycles. The van der Waals surface area contributed by atoms with Crippen molar-refractivity contribution in [1.29, 1.82) is 0 Å². The summed E-state index contributed by atoms with van der Waals surface area (Å²) in [6.07, 6.45) is 0.695. The van der Waals surface area contributed by atoms with Gasteiger partial charge in [0.05, 0.1) is 13.7 Å². The highest BCUT2D eigenvalue weighted by molar-refractivity contribution is 5.71. The molecule has 2 atom stereocenters. The molecule has 1 aromatic rings. The average molecular weight is 276 g/mol. The summed E-state index contributed by atoms with van der Waals surface area (Å²) in [6, 6.07) is 7.69. The van der Waals surface area contributed by atoms with E-state index in [1.807, 2.05) is 31.2 Å². The maximum Gasteiger partial charge on any atom is 0.306 e. The van der Waals surface area contributed by atoms with Gasteiger partial charge in [0.1, 0.15) is 18.0 Å². The molecule has 0 aliphatic carbocycles. The summed E-state index contributed by atoms with van der Waals surface area (Å²) >= 11 is 0. The fourth-order valence-electron chi connectivity index (χ4n) is 2.23. The van der Waals surface area contributed by atoms with E-state index in [2.05, 4.69) is 6.58 Å². The monoisotopic (exact) mass is 276 g/mol. The van der Waals surface area contributed by atoms with Gasteiger partial charge in [-0.1, -0.05) is 18.7 Å². The summed E-state index contributed by atoms with van der Waals surface area (Å²) in [5.41, 5.74) is 1.92. The third-order valence-corrected chi connectivity index (χ3v) is 3.33. The van der Waals surface area contributed by atoms with Gasteiger partial charge in [-0.2, -0.15) is 0 Å².